The summed E-state index contributed by atoms with van der Waals surface area (Å²) in [6.45, 7) is 0.423. The number of para-hydroxylation sites is 2. The first-order chi connectivity index (χ1) is 14.8. The van der Waals surface area contributed by atoms with E-state index in [2.05, 4.69) is 4.74 Å². The third kappa shape index (κ3) is 4.01. The van der Waals surface area contributed by atoms with Crippen LogP contribution < -0.4 is 5.76 Å². The number of piperazine rings is 1. The zero-order valence-corrected chi connectivity index (χ0v) is 18.1. The normalized spacial score (nSPS) is 15.3. The summed E-state index contributed by atoms with van der Waals surface area (Å²) in [7, 11) is -2.55. The molecule has 0 bridgehead atoms. The van der Waals surface area contributed by atoms with Crippen LogP contribution in [0.25, 0.3) is 11.1 Å². The molecular weight excluding hydrogens is 446 g/mol. The molecule has 164 valence electrons. The van der Waals surface area contributed by atoms with E-state index in [1.54, 1.807) is 24.3 Å². The molecule has 3 heterocycles. The summed E-state index contributed by atoms with van der Waals surface area (Å²) in [5, 5.41) is 1.44. The Hall–Kier alpha value is -2.96. The first-order valence-electron chi connectivity index (χ1n) is 9.34. The number of hydrogen-bond donors (Lipinski definition) is 0. The minimum absolute atomic E-state index is 0.0455. The lowest BCUT2D eigenvalue weighted by Gasteiger charge is -2.33. The summed E-state index contributed by atoms with van der Waals surface area (Å²) in [4.78, 5) is 37.9. The maximum absolute atomic E-state index is 12.9. The Morgan fingerprint density at radius 1 is 1.16 bits per heavy atom. The number of amides is 1. The summed E-state index contributed by atoms with van der Waals surface area (Å²) in [6, 6.07) is 8.12. The zero-order chi connectivity index (χ0) is 22.2. The summed E-state index contributed by atoms with van der Waals surface area (Å²) < 4.78 is 38.1. The zero-order valence-electron chi connectivity index (χ0n) is 16.5. The van der Waals surface area contributed by atoms with Crippen molar-refractivity contribution in [1.82, 2.24) is 13.8 Å². The Labute approximate surface area is 181 Å². The van der Waals surface area contributed by atoms with Crippen molar-refractivity contribution in [1.29, 1.82) is 0 Å². The number of ether oxygens (including phenoxy) is 1. The lowest BCUT2D eigenvalue weighted by molar-refractivity contribution is -0.133. The summed E-state index contributed by atoms with van der Waals surface area (Å²) >= 11 is 0.947. The van der Waals surface area contributed by atoms with Crippen LogP contribution in [-0.2, 0) is 26.1 Å². The average Bonchev–Trinajstić information content (AvgIpc) is 3.39. The Morgan fingerprint density at radius 2 is 1.87 bits per heavy atom. The molecule has 0 aliphatic carbocycles. The first kappa shape index (κ1) is 21.3. The fourth-order valence-electron chi connectivity index (χ4n) is 3.38. The van der Waals surface area contributed by atoms with Crippen molar-refractivity contribution in [3.63, 3.8) is 0 Å². The molecule has 2 aromatic heterocycles. The highest BCUT2D eigenvalue weighted by Crippen LogP contribution is 2.25. The number of rotatable bonds is 5. The minimum atomic E-state index is -3.78. The molecule has 0 radical (unpaired) electrons. The number of hydrogen-bond acceptors (Lipinski definition) is 8. The molecule has 4 rings (SSSR count). The van der Waals surface area contributed by atoms with E-state index in [1.165, 1.54) is 32.3 Å². The van der Waals surface area contributed by atoms with E-state index in [0.717, 1.165) is 11.3 Å². The van der Waals surface area contributed by atoms with Gasteiger partial charge in [0.2, 0.25) is 5.91 Å². The van der Waals surface area contributed by atoms with Gasteiger partial charge in [0.05, 0.1) is 18.2 Å². The maximum Gasteiger partial charge on any atom is 0.420 e. The van der Waals surface area contributed by atoms with Crippen molar-refractivity contribution in [2.75, 3.05) is 33.3 Å². The van der Waals surface area contributed by atoms with Gasteiger partial charge in [0.25, 0.3) is 10.0 Å². The molecule has 1 fully saturated rings. The predicted molar refractivity (Wildman–Crippen MR) is 111 cm³/mol. The van der Waals surface area contributed by atoms with E-state index in [0.29, 0.717) is 11.1 Å². The Morgan fingerprint density at radius 3 is 2.58 bits per heavy atom. The molecule has 1 aliphatic rings. The van der Waals surface area contributed by atoms with Gasteiger partial charge in [-0.3, -0.25) is 9.36 Å². The van der Waals surface area contributed by atoms with E-state index >= 15 is 0 Å². The van der Waals surface area contributed by atoms with Gasteiger partial charge in [-0.1, -0.05) is 12.1 Å². The third-order valence-electron chi connectivity index (χ3n) is 5.05. The summed E-state index contributed by atoms with van der Waals surface area (Å²) in [5.41, 5.74) is 1.11. The smallest absolute Gasteiger partial charge is 0.420 e. The number of fused-ring (bicyclic) bond motifs is 1. The molecule has 0 N–H and O–H groups in total. The molecule has 31 heavy (non-hydrogen) atoms. The quantitative estimate of drug-likeness (QED) is 0.515. The standard InChI is InChI=1S/C19H19N3O7S2/c1-28-18(24)13-10-17(30-12-13)31(26,27)21-8-6-20(7-9-21)16(23)11-22-14-4-2-3-5-15(14)29-19(22)25/h2-5,10,12H,6-9,11H2,1H3. The first-order valence-corrected chi connectivity index (χ1v) is 11.7. The number of benzene rings is 1. The summed E-state index contributed by atoms with van der Waals surface area (Å²) in [5.74, 6) is -1.51. The number of carbonyl (C=O) groups is 2. The molecule has 0 unspecified atom stereocenters. The molecule has 3 aromatic rings. The van der Waals surface area contributed by atoms with Crippen molar-refractivity contribution in [3.8, 4) is 0 Å². The molecule has 1 saturated heterocycles. The number of thiophene rings is 1. The number of aromatic nitrogens is 1. The van der Waals surface area contributed by atoms with E-state index < -0.39 is 21.7 Å². The van der Waals surface area contributed by atoms with Crippen molar-refractivity contribution in [2.45, 2.75) is 10.8 Å². The van der Waals surface area contributed by atoms with Gasteiger partial charge in [0.1, 0.15) is 10.8 Å². The van der Waals surface area contributed by atoms with E-state index in [-0.39, 0.29) is 48.4 Å². The highest BCUT2D eigenvalue weighted by molar-refractivity contribution is 7.91. The van der Waals surface area contributed by atoms with E-state index in [4.69, 9.17) is 4.42 Å². The van der Waals surface area contributed by atoms with Crippen LogP contribution in [0.3, 0.4) is 0 Å². The number of oxazole rings is 1. The van der Waals surface area contributed by atoms with Crippen LogP contribution in [0, 0.1) is 0 Å². The molecule has 0 saturated carbocycles. The van der Waals surface area contributed by atoms with Crippen LogP contribution in [0.1, 0.15) is 10.4 Å². The predicted octanol–water partition coefficient (Wildman–Crippen LogP) is 0.976. The van der Waals surface area contributed by atoms with Crippen LogP contribution in [0.5, 0.6) is 0 Å². The van der Waals surface area contributed by atoms with Gasteiger partial charge in [-0.25, -0.2) is 18.0 Å². The molecule has 0 spiro atoms. The molecule has 10 nitrogen and oxygen atoms in total. The van der Waals surface area contributed by atoms with Crippen LogP contribution >= 0.6 is 11.3 Å². The second-order valence-corrected chi connectivity index (χ2v) is 9.93. The van der Waals surface area contributed by atoms with E-state index in [1.807, 2.05) is 0 Å². The van der Waals surface area contributed by atoms with Crippen LogP contribution in [-0.4, -0.2) is 67.4 Å². The Kier molecular flexibility index (Phi) is 5.69. The van der Waals surface area contributed by atoms with Crippen LogP contribution in [0.4, 0.5) is 0 Å². The number of sulfonamides is 1. The van der Waals surface area contributed by atoms with Gasteiger partial charge >= 0.3 is 11.7 Å². The molecule has 1 aliphatic heterocycles. The van der Waals surface area contributed by atoms with Gasteiger partial charge in [0.15, 0.2) is 5.58 Å². The Bertz CT molecular complexity index is 1300. The second-order valence-electron chi connectivity index (χ2n) is 6.85. The Balaban J connectivity index is 1.42. The lowest BCUT2D eigenvalue weighted by atomic mass is 10.3. The van der Waals surface area contributed by atoms with Crippen molar-refractivity contribution in [3.05, 3.63) is 51.8 Å². The number of esters is 1. The highest BCUT2D eigenvalue weighted by Gasteiger charge is 2.32. The second kappa shape index (κ2) is 8.29. The van der Waals surface area contributed by atoms with Gasteiger partial charge in [-0.05, 0) is 18.2 Å². The van der Waals surface area contributed by atoms with Gasteiger partial charge < -0.3 is 14.1 Å². The van der Waals surface area contributed by atoms with Gasteiger partial charge in [-0.2, -0.15) is 4.31 Å². The topological polar surface area (TPSA) is 119 Å². The molecular formula is C19H19N3O7S2. The molecule has 1 aromatic carbocycles. The maximum atomic E-state index is 12.9. The van der Waals surface area contributed by atoms with Crippen molar-refractivity contribution >= 4 is 44.3 Å². The monoisotopic (exact) mass is 465 g/mol. The van der Waals surface area contributed by atoms with Crippen LogP contribution in [0.15, 0.2) is 49.1 Å². The minimum Gasteiger partial charge on any atom is -0.465 e. The van der Waals surface area contributed by atoms with E-state index in [9.17, 15) is 22.8 Å². The molecule has 12 heteroatoms. The summed E-state index contributed by atoms with van der Waals surface area (Å²) in [6.07, 6.45) is 0. The van der Waals surface area contributed by atoms with Crippen molar-refractivity contribution in [2.24, 2.45) is 0 Å². The number of methoxy groups -OCH3 is 1. The highest BCUT2D eigenvalue weighted by atomic mass is 32.2. The van der Waals surface area contributed by atoms with Crippen molar-refractivity contribution < 1.29 is 27.2 Å². The fourth-order valence-corrected chi connectivity index (χ4v) is 6.10. The SMILES string of the molecule is COC(=O)c1csc(S(=O)(=O)N2CCN(C(=O)Cn3c(=O)oc4ccccc43)CC2)c1. The van der Waals surface area contributed by atoms with Gasteiger partial charge in [0, 0.05) is 31.6 Å². The molecule has 0 atom stereocenters. The fraction of sp³-hybridized carbons (Fsp3) is 0.316. The van der Waals surface area contributed by atoms with Gasteiger partial charge in [-0.15, -0.1) is 11.3 Å². The number of nitrogens with zero attached hydrogens (tertiary/aromatic N) is 3. The third-order valence-corrected chi connectivity index (χ3v) is 8.36. The number of carbonyl (C=O) groups excluding carboxylic acids is 2. The lowest BCUT2D eigenvalue weighted by Crippen LogP contribution is -2.51. The average molecular weight is 466 g/mol. The molecule has 1 amide bonds. The van der Waals surface area contributed by atoms with Crippen LogP contribution in [0.2, 0.25) is 0 Å². The largest absolute Gasteiger partial charge is 0.465 e.